The highest BCUT2D eigenvalue weighted by molar-refractivity contribution is 6.31. The molecule has 0 fully saturated rings. The van der Waals surface area contributed by atoms with Gasteiger partial charge in [0.1, 0.15) is 5.52 Å². The number of nitrogens with one attached hydrogen (secondary N) is 3. The third kappa shape index (κ3) is 4.62. The average molecular weight is 396 g/mol. The Bertz CT molecular complexity index is 990. The highest BCUT2D eigenvalue weighted by atomic mass is 35.5. The molecule has 3 rings (SSSR count). The fraction of sp³-hybridized carbons (Fsp3) is 0.353. The maximum Gasteiger partial charge on any atom is 0.280 e. The summed E-state index contributed by atoms with van der Waals surface area (Å²) >= 11 is 6.11. The quantitative estimate of drug-likeness (QED) is 0.464. The molecule has 0 aliphatic rings. The van der Waals surface area contributed by atoms with Gasteiger partial charge in [0.15, 0.2) is 5.52 Å². The van der Waals surface area contributed by atoms with Crippen LogP contribution in [0.15, 0.2) is 23.0 Å². The van der Waals surface area contributed by atoms with Crippen LogP contribution >= 0.6 is 11.6 Å². The number of nitrogens with zero attached hydrogens (tertiary/aromatic N) is 2. The molecular weight excluding hydrogens is 377 g/mol. The van der Waals surface area contributed by atoms with Gasteiger partial charge in [0.05, 0.1) is 18.9 Å². The van der Waals surface area contributed by atoms with Crippen LogP contribution in [0.25, 0.3) is 11.0 Å². The minimum Gasteiger partial charge on any atom is -0.394 e. The van der Waals surface area contributed by atoms with Gasteiger partial charge in [-0.15, -0.1) is 0 Å². The second-order valence-electron chi connectivity index (χ2n) is 5.96. The van der Waals surface area contributed by atoms with Crippen molar-refractivity contribution in [3.8, 4) is 0 Å². The molecule has 10 heteroatoms. The van der Waals surface area contributed by atoms with Gasteiger partial charge in [-0.05, 0) is 24.1 Å². The summed E-state index contributed by atoms with van der Waals surface area (Å²) in [5.74, 6) is 0.235. The standard InChI is InChI=1S/C17H19ClFN5O3/c1-9-2-3-10(6-11(9)18)8-20-17-21-14-12(7-13(19)27-5-4-25)23-24-15(14)16(26)22-17/h2-3,6,13,25H,4-5,7-8H2,1H3,(H,23,24)(H2,20,21,22,26)/t13-/m1/s1. The van der Waals surface area contributed by atoms with E-state index in [9.17, 15) is 9.18 Å². The van der Waals surface area contributed by atoms with Crippen molar-refractivity contribution in [2.24, 2.45) is 0 Å². The van der Waals surface area contributed by atoms with Gasteiger partial charge in [0.25, 0.3) is 5.56 Å². The van der Waals surface area contributed by atoms with Crippen molar-refractivity contribution in [1.29, 1.82) is 0 Å². The van der Waals surface area contributed by atoms with Crippen molar-refractivity contribution in [2.75, 3.05) is 18.5 Å². The first kappa shape index (κ1) is 19.3. The molecule has 0 radical (unpaired) electrons. The Morgan fingerprint density at radius 1 is 1.41 bits per heavy atom. The largest absolute Gasteiger partial charge is 0.394 e. The normalized spacial score (nSPS) is 12.4. The number of hydrogen-bond acceptors (Lipinski definition) is 6. The minimum atomic E-state index is -1.65. The van der Waals surface area contributed by atoms with E-state index in [0.29, 0.717) is 17.3 Å². The molecule has 2 aromatic heterocycles. The third-order valence-corrected chi connectivity index (χ3v) is 4.34. The lowest BCUT2D eigenvalue weighted by molar-refractivity contribution is -0.0500. The summed E-state index contributed by atoms with van der Waals surface area (Å²) in [7, 11) is 0. The first-order valence-electron chi connectivity index (χ1n) is 8.30. The molecule has 4 N–H and O–H groups in total. The maximum absolute atomic E-state index is 13.8. The molecule has 0 aliphatic heterocycles. The fourth-order valence-corrected chi connectivity index (χ4v) is 2.72. The predicted molar refractivity (Wildman–Crippen MR) is 99.7 cm³/mol. The number of fused-ring (bicyclic) bond motifs is 1. The van der Waals surface area contributed by atoms with Crippen molar-refractivity contribution < 1.29 is 14.2 Å². The number of halogens is 2. The molecule has 1 atom stereocenters. The van der Waals surface area contributed by atoms with Gasteiger partial charge in [-0.3, -0.25) is 14.9 Å². The van der Waals surface area contributed by atoms with Crippen LogP contribution in [0.2, 0.25) is 5.02 Å². The Labute approximate surface area is 158 Å². The van der Waals surface area contributed by atoms with E-state index in [1.165, 1.54) is 0 Å². The van der Waals surface area contributed by atoms with E-state index in [1.54, 1.807) is 0 Å². The number of ether oxygens (including phenoxy) is 1. The zero-order chi connectivity index (χ0) is 19.4. The molecule has 0 bridgehead atoms. The number of alkyl halides is 1. The molecule has 0 unspecified atom stereocenters. The SMILES string of the molecule is Cc1ccc(CNc2nc3c(C[C@H](F)OCCO)[nH]nc3c(=O)[nH]2)cc1Cl. The second-order valence-corrected chi connectivity index (χ2v) is 6.37. The lowest BCUT2D eigenvalue weighted by Crippen LogP contribution is -2.15. The number of aromatic nitrogens is 4. The topological polar surface area (TPSA) is 116 Å². The Morgan fingerprint density at radius 2 is 2.22 bits per heavy atom. The van der Waals surface area contributed by atoms with Gasteiger partial charge in [-0.1, -0.05) is 23.7 Å². The summed E-state index contributed by atoms with van der Waals surface area (Å²) in [5.41, 5.74) is 2.13. The van der Waals surface area contributed by atoms with Crippen molar-refractivity contribution in [1.82, 2.24) is 20.2 Å². The minimum absolute atomic E-state index is 0.0864. The smallest absolute Gasteiger partial charge is 0.280 e. The second kappa shape index (κ2) is 8.47. The number of hydrogen-bond donors (Lipinski definition) is 4. The molecule has 144 valence electrons. The zero-order valence-corrected chi connectivity index (χ0v) is 15.3. The third-order valence-electron chi connectivity index (χ3n) is 3.93. The van der Waals surface area contributed by atoms with Crippen LogP contribution < -0.4 is 10.9 Å². The molecular formula is C17H19ClFN5O3. The first-order valence-corrected chi connectivity index (χ1v) is 8.68. The predicted octanol–water partition coefficient (Wildman–Crippen LogP) is 2.07. The molecule has 0 aliphatic carbocycles. The number of aliphatic hydroxyl groups excluding tert-OH is 1. The molecule has 1 aromatic carbocycles. The van der Waals surface area contributed by atoms with Gasteiger partial charge >= 0.3 is 0 Å². The average Bonchev–Trinajstić information content (AvgIpc) is 3.04. The first-order chi connectivity index (χ1) is 13.0. The fourth-order valence-electron chi connectivity index (χ4n) is 2.52. The summed E-state index contributed by atoms with van der Waals surface area (Å²) < 4.78 is 18.6. The number of anilines is 1. The Hall–Kier alpha value is -2.49. The molecule has 27 heavy (non-hydrogen) atoms. The van der Waals surface area contributed by atoms with E-state index in [2.05, 4.69) is 25.5 Å². The molecule has 0 amide bonds. The highest BCUT2D eigenvalue weighted by Gasteiger charge is 2.16. The van der Waals surface area contributed by atoms with Crippen LogP contribution in [0.1, 0.15) is 16.8 Å². The summed E-state index contributed by atoms with van der Waals surface area (Å²) in [4.78, 5) is 19.1. The van der Waals surface area contributed by atoms with Crippen molar-refractivity contribution in [2.45, 2.75) is 26.2 Å². The van der Waals surface area contributed by atoms with Gasteiger partial charge in [-0.25, -0.2) is 9.37 Å². The van der Waals surface area contributed by atoms with Gasteiger partial charge in [0.2, 0.25) is 12.3 Å². The Balaban J connectivity index is 1.79. The molecule has 0 spiro atoms. The number of aryl methyl sites for hydroxylation is 1. The van der Waals surface area contributed by atoms with E-state index < -0.39 is 11.9 Å². The van der Waals surface area contributed by atoms with Gasteiger partial charge < -0.3 is 15.2 Å². The van der Waals surface area contributed by atoms with Crippen LogP contribution in [-0.4, -0.2) is 44.8 Å². The Kier molecular flexibility index (Phi) is 6.04. The maximum atomic E-state index is 13.8. The lowest BCUT2D eigenvalue weighted by atomic mass is 10.1. The molecule has 0 saturated carbocycles. The van der Waals surface area contributed by atoms with Crippen LogP contribution in [0.4, 0.5) is 10.3 Å². The van der Waals surface area contributed by atoms with Gasteiger partial charge in [-0.2, -0.15) is 5.10 Å². The number of benzene rings is 1. The molecule has 3 aromatic rings. The van der Waals surface area contributed by atoms with E-state index in [1.807, 2.05) is 25.1 Å². The van der Waals surface area contributed by atoms with E-state index in [0.717, 1.165) is 11.1 Å². The van der Waals surface area contributed by atoms with Crippen molar-refractivity contribution in [3.05, 3.63) is 50.4 Å². The van der Waals surface area contributed by atoms with E-state index >= 15 is 0 Å². The lowest BCUT2D eigenvalue weighted by Gasteiger charge is -2.08. The number of aromatic amines is 2. The summed E-state index contributed by atoms with van der Waals surface area (Å²) in [6.07, 6.45) is -1.81. The van der Waals surface area contributed by atoms with Crippen molar-refractivity contribution >= 4 is 28.6 Å². The summed E-state index contributed by atoms with van der Waals surface area (Å²) in [5, 5.41) is 18.9. The molecule has 8 nitrogen and oxygen atoms in total. The van der Waals surface area contributed by atoms with Crippen LogP contribution in [0.5, 0.6) is 0 Å². The van der Waals surface area contributed by atoms with Crippen LogP contribution in [0, 0.1) is 6.92 Å². The van der Waals surface area contributed by atoms with Crippen LogP contribution in [-0.2, 0) is 17.7 Å². The Morgan fingerprint density at radius 3 is 2.96 bits per heavy atom. The summed E-state index contributed by atoms with van der Waals surface area (Å²) in [6, 6.07) is 5.65. The number of H-pyrrole nitrogens is 2. The number of rotatable bonds is 8. The molecule has 2 heterocycles. The zero-order valence-electron chi connectivity index (χ0n) is 14.6. The van der Waals surface area contributed by atoms with Gasteiger partial charge in [0, 0.05) is 18.0 Å². The highest BCUT2D eigenvalue weighted by Crippen LogP contribution is 2.18. The van der Waals surface area contributed by atoms with Crippen LogP contribution in [0.3, 0.4) is 0 Å². The van der Waals surface area contributed by atoms with E-state index in [-0.39, 0.29) is 36.6 Å². The number of aliphatic hydroxyl groups is 1. The molecule has 0 saturated heterocycles. The van der Waals surface area contributed by atoms with Crippen molar-refractivity contribution in [3.63, 3.8) is 0 Å². The monoisotopic (exact) mass is 395 g/mol. The van der Waals surface area contributed by atoms with E-state index in [4.69, 9.17) is 21.4 Å². The summed E-state index contributed by atoms with van der Waals surface area (Å²) in [6.45, 7) is 1.91.